The molecule has 18 heavy (non-hydrogen) atoms. The fourth-order valence-corrected chi connectivity index (χ4v) is 2.80. The maximum absolute atomic E-state index is 12.0. The third-order valence-electron chi connectivity index (χ3n) is 2.40. The molecular weight excluding hydrogens is 252 g/mol. The van der Waals surface area contributed by atoms with E-state index < -0.39 is 16.1 Å². The standard InChI is InChI=1S/C12H16N2O3S/c1-10(15)8-14(2)18(16,17)9-12-5-3-4-11(6-12)7-13/h3-6,10,15H,8-9H2,1-2H3. The van der Waals surface area contributed by atoms with Crippen LogP contribution >= 0.6 is 0 Å². The summed E-state index contributed by atoms with van der Waals surface area (Å²) in [5.41, 5.74) is 0.993. The van der Waals surface area contributed by atoms with Gasteiger partial charge in [0.05, 0.1) is 23.5 Å². The van der Waals surface area contributed by atoms with Gasteiger partial charge in [-0.05, 0) is 24.6 Å². The van der Waals surface area contributed by atoms with E-state index >= 15 is 0 Å². The lowest BCUT2D eigenvalue weighted by molar-refractivity contribution is 0.171. The Hall–Kier alpha value is -1.42. The molecule has 1 aromatic carbocycles. The summed E-state index contributed by atoms with van der Waals surface area (Å²) in [6.07, 6.45) is -0.713. The van der Waals surface area contributed by atoms with E-state index in [1.807, 2.05) is 6.07 Å². The van der Waals surface area contributed by atoms with E-state index in [9.17, 15) is 13.5 Å². The number of rotatable bonds is 5. The van der Waals surface area contributed by atoms with Crippen LogP contribution in [0, 0.1) is 11.3 Å². The molecule has 0 aliphatic heterocycles. The summed E-state index contributed by atoms with van der Waals surface area (Å²) < 4.78 is 25.1. The molecule has 1 unspecified atom stereocenters. The fraction of sp³-hybridized carbons (Fsp3) is 0.417. The van der Waals surface area contributed by atoms with Gasteiger partial charge >= 0.3 is 0 Å². The number of sulfonamides is 1. The molecular formula is C12H16N2O3S. The Morgan fingerprint density at radius 2 is 2.17 bits per heavy atom. The predicted octanol–water partition coefficient (Wildman–Crippen LogP) is 0.701. The van der Waals surface area contributed by atoms with E-state index in [4.69, 9.17) is 5.26 Å². The Balaban J connectivity index is 2.85. The molecule has 0 aliphatic carbocycles. The molecule has 5 nitrogen and oxygen atoms in total. The average Bonchev–Trinajstić information content (AvgIpc) is 2.27. The lowest BCUT2D eigenvalue weighted by Crippen LogP contribution is -2.33. The van der Waals surface area contributed by atoms with Crippen LogP contribution in [0.15, 0.2) is 24.3 Å². The summed E-state index contributed by atoms with van der Waals surface area (Å²) in [4.78, 5) is 0. The number of nitrogens with zero attached hydrogens (tertiary/aromatic N) is 2. The van der Waals surface area contributed by atoms with Crippen LogP contribution in [0.5, 0.6) is 0 Å². The van der Waals surface area contributed by atoms with Gasteiger partial charge in [-0.25, -0.2) is 12.7 Å². The second kappa shape index (κ2) is 5.96. The van der Waals surface area contributed by atoms with Gasteiger partial charge in [0.25, 0.3) is 0 Å². The summed E-state index contributed by atoms with van der Waals surface area (Å²) >= 11 is 0. The van der Waals surface area contributed by atoms with Crippen LogP contribution in [0.1, 0.15) is 18.1 Å². The third-order valence-corrected chi connectivity index (χ3v) is 4.20. The van der Waals surface area contributed by atoms with E-state index in [0.29, 0.717) is 11.1 Å². The highest BCUT2D eigenvalue weighted by atomic mass is 32.2. The summed E-state index contributed by atoms with van der Waals surface area (Å²) in [5, 5.41) is 17.9. The topological polar surface area (TPSA) is 81.4 Å². The highest BCUT2D eigenvalue weighted by Crippen LogP contribution is 2.11. The fourth-order valence-electron chi connectivity index (χ4n) is 1.54. The van der Waals surface area contributed by atoms with E-state index in [1.165, 1.54) is 14.0 Å². The van der Waals surface area contributed by atoms with Gasteiger partial charge in [-0.2, -0.15) is 5.26 Å². The molecule has 0 saturated carbocycles. The summed E-state index contributed by atoms with van der Waals surface area (Å²) in [6, 6.07) is 8.45. The Morgan fingerprint density at radius 1 is 1.50 bits per heavy atom. The number of nitriles is 1. The van der Waals surface area contributed by atoms with E-state index in [0.717, 1.165) is 4.31 Å². The summed E-state index contributed by atoms with van der Waals surface area (Å²) in [6.45, 7) is 1.59. The van der Waals surface area contributed by atoms with Crippen LogP contribution in [-0.4, -0.2) is 37.5 Å². The number of aliphatic hydroxyl groups excluding tert-OH is 1. The van der Waals surface area contributed by atoms with Gasteiger partial charge in [-0.3, -0.25) is 0 Å². The van der Waals surface area contributed by atoms with Gasteiger partial charge < -0.3 is 5.11 Å². The van der Waals surface area contributed by atoms with Crippen LogP contribution in [0.25, 0.3) is 0 Å². The molecule has 0 saturated heterocycles. The molecule has 0 spiro atoms. The quantitative estimate of drug-likeness (QED) is 0.852. The normalized spacial score (nSPS) is 13.3. The van der Waals surface area contributed by atoms with Gasteiger partial charge in [0.15, 0.2) is 0 Å². The molecule has 0 aromatic heterocycles. The zero-order valence-corrected chi connectivity index (χ0v) is 11.2. The molecule has 6 heteroatoms. The summed E-state index contributed by atoms with van der Waals surface area (Å²) in [7, 11) is -2.04. The monoisotopic (exact) mass is 268 g/mol. The third kappa shape index (κ3) is 4.11. The van der Waals surface area contributed by atoms with Gasteiger partial charge in [0.1, 0.15) is 0 Å². The number of hydrogen-bond acceptors (Lipinski definition) is 4. The minimum absolute atomic E-state index is 0.0558. The maximum Gasteiger partial charge on any atom is 0.218 e. The van der Waals surface area contributed by atoms with Gasteiger partial charge in [0.2, 0.25) is 10.0 Å². The van der Waals surface area contributed by atoms with Crippen molar-refractivity contribution in [3.05, 3.63) is 35.4 Å². The summed E-state index contributed by atoms with van der Waals surface area (Å²) in [5.74, 6) is -0.175. The number of aliphatic hydroxyl groups is 1. The smallest absolute Gasteiger partial charge is 0.218 e. The SMILES string of the molecule is CC(O)CN(C)S(=O)(=O)Cc1cccc(C#N)c1. The second-order valence-corrected chi connectivity index (χ2v) is 6.27. The Labute approximate surface area is 107 Å². The molecule has 0 heterocycles. The molecule has 0 amide bonds. The van der Waals surface area contributed by atoms with Crippen LogP contribution in [0.2, 0.25) is 0 Å². The van der Waals surface area contributed by atoms with Crippen LogP contribution in [0.3, 0.4) is 0 Å². The van der Waals surface area contributed by atoms with Crippen molar-refractivity contribution in [1.82, 2.24) is 4.31 Å². The lowest BCUT2D eigenvalue weighted by atomic mass is 10.2. The van der Waals surface area contributed by atoms with Crippen molar-refractivity contribution in [2.75, 3.05) is 13.6 Å². The van der Waals surface area contributed by atoms with Crippen molar-refractivity contribution in [2.45, 2.75) is 18.8 Å². The number of likely N-dealkylation sites (N-methyl/N-ethyl adjacent to an activating group) is 1. The molecule has 1 rings (SSSR count). The number of hydrogen-bond donors (Lipinski definition) is 1. The largest absolute Gasteiger partial charge is 0.392 e. The van der Waals surface area contributed by atoms with Crippen molar-refractivity contribution in [1.29, 1.82) is 5.26 Å². The first-order valence-corrected chi connectivity index (χ1v) is 7.07. The lowest BCUT2D eigenvalue weighted by Gasteiger charge is -2.18. The Kier molecular flexibility index (Phi) is 4.84. The molecule has 0 fully saturated rings. The van der Waals surface area contributed by atoms with Crippen LogP contribution in [-0.2, 0) is 15.8 Å². The Bertz CT molecular complexity index is 547. The predicted molar refractivity (Wildman–Crippen MR) is 68.1 cm³/mol. The zero-order chi connectivity index (χ0) is 13.8. The van der Waals surface area contributed by atoms with Gasteiger partial charge in [0, 0.05) is 13.6 Å². The Morgan fingerprint density at radius 3 is 2.72 bits per heavy atom. The zero-order valence-electron chi connectivity index (χ0n) is 10.4. The van der Waals surface area contributed by atoms with Crippen LogP contribution in [0.4, 0.5) is 0 Å². The highest BCUT2D eigenvalue weighted by molar-refractivity contribution is 7.88. The van der Waals surface area contributed by atoms with Crippen molar-refractivity contribution in [3.8, 4) is 6.07 Å². The van der Waals surface area contributed by atoms with Crippen molar-refractivity contribution < 1.29 is 13.5 Å². The van der Waals surface area contributed by atoms with E-state index in [-0.39, 0.29) is 12.3 Å². The molecule has 98 valence electrons. The molecule has 1 N–H and O–H groups in total. The molecule has 1 atom stereocenters. The first-order valence-electron chi connectivity index (χ1n) is 5.46. The van der Waals surface area contributed by atoms with Crippen molar-refractivity contribution in [2.24, 2.45) is 0 Å². The molecule has 0 bridgehead atoms. The van der Waals surface area contributed by atoms with Crippen LogP contribution < -0.4 is 0 Å². The van der Waals surface area contributed by atoms with Gasteiger partial charge in [-0.1, -0.05) is 12.1 Å². The molecule has 0 radical (unpaired) electrons. The minimum Gasteiger partial charge on any atom is -0.392 e. The second-order valence-electron chi connectivity index (χ2n) is 4.20. The first kappa shape index (κ1) is 14.6. The number of benzene rings is 1. The molecule has 0 aliphatic rings. The van der Waals surface area contributed by atoms with E-state index in [1.54, 1.807) is 24.3 Å². The van der Waals surface area contributed by atoms with Gasteiger partial charge in [-0.15, -0.1) is 0 Å². The average molecular weight is 268 g/mol. The molecule has 1 aromatic rings. The van der Waals surface area contributed by atoms with E-state index in [2.05, 4.69) is 0 Å². The van der Waals surface area contributed by atoms with Crippen molar-refractivity contribution >= 4 is 10.0 Å². The van der Waals surface area contributed by atoms with Crippen molar-refractivity contribution in [3.63, 3.8) is 0 Å². The minimum atomic E-state index is -3.47. The maximum atomic E-state index is 12.0. The first-order chi connectivity index (χ1) is 8.35. The highest BCUT2D eigenvalue weighted by Gasteiger charge is 2.19.